The molecule has 0 atom stereocenters. The van der Waals surface area contributed by atoms with Crippen molar-refractivity contribution in [2.45, 2.75) is 26.2 Å². The molecule has 23 heavy (non-hydrogen) atoms. The van der Waals surface area contributed by atoms with Crippen LogP contribution in [0.3, 0.4) is 0 Å². The number of rotatable bonds is 6. The molecule has 0 aromatic heterocycles. The number of carbonyl (C=O) groups is 1. The smallest absolute Gasteiger partial charge is 0.260 e. The third-order valence-electron chi connectivity index (χ3n) is 4.26. The first-order chi connectivity index (χ1) is 10.6. The third-order valence-corrected chi connectivity index (χ3v) is 4.69. The van der Waals surface area contributed by atoms with Crippen molar-refractivity contribution < 1.29 is 9.53 Å². The molecule has 1 aromatic rings. The fourth-order valence-corrected chi connectivity index (χ4v) is 2.88. The molecule has 4 nitrogen and oxygen atoms in total. The Morgan fingerprint density at radius 1 is 1.39 bits per heavy atom. The molecule has 0 radical (unpaired) electrons. The maximum Gasteiger partial charge on any atom is 0.260 e. The summed E-state index contributed by atoms with van der Waals surface area (Å²) in [4.78, 5) is 14.1. The van der Waals surface area contributed by atoms with Crippen molar-refractivity contribution in [3.63, 3.8) is 0 Å². The second-order valence-electron chi connectivity index (χ2n) is 5.92. The summed E-state index contributed by atoms with van der Waals surface area (Å²) in [5.74, 6) is 1.50. The number of ether oxygens (including phenoxy) is 1. The number of piperidine rings is 1. The van der Waals surface area contributed by atoms with Gasteiger partial charge in [-0.2, -0.15) is 0 Å². The summed E-state index contributed by atoms with van der Waals surface area (Å²) in [5.41, 5.74) is 0.956. The van der Waals surface area contributed by atoms with Crippen LogP contribution in [0.5, 0.6) is 5.75 Å². The lowest BCUT2D eigenvalue weighted by Crippen LogP contribution is -2.41. The Balaban J connectivity index is 0.00000264. The van der Waals surface area contributed by atoms with Crippen LogP contribution < -0.4 is 10.1 Å². The van der Waals surface area contributed by atoms with Gasteiger partial charge in [0.25, 0.3) is 5.91 Å². The minimum absolute atomic E-state index is 0. The lowest BCUT2D eigenvalue weighted by Gasteiger charge is -2.32. The average Bonchev–Trinajstić information content (AvgIpc) is 2.54. The monoisotopic (exact) mass is 360 g/mol. The Kier molecular flexibility index (Phi) is 8.74. The van der Waals surface area contributed by atoms with Gasteiger partial charge in [-0.3, -0.25) is 4.79 Å². The zero-order chi connectivity index (χ0) is 15.9. The summed E-state index contributed by atoms with van der Waals surface area (Å²) in [5, 5.41) is 3.90. The number of hydrogen-bond acceptors (Lipinski definition) is 3. The lowest BCUT2D eigenvalue weighted by atomic mass is 9.93. The van der Waals surface area contributed by atoms with Crippen LogP contribution in [0.15, 0.2) is 18.2 Å². The fraction of sp³-hybridized carbons (Fsp3) is 0.588. The summed E-state index contributed by atoms with van der Waals surface area (Å²) < 4.78 is 5.59. The van der Waals surface area contributed by atoms with E-state index >= 15 is 0 Å². The molecular formula is C17H26Cl2N2O2. The van der Waals surface area contributed by atoms with Crippen molar-refractivity contribution in [2.24, 2.45) is 5.92 Å². The van der Waals surface area contributed by atoms with Crippen molar-refractivity contribution >= 4 is 29.9 Å². The molecule has 6 heteroatoms. The number of aryl methyl sites for hydroxylation is 1. The standard InChI is InChI=1S/C17H25ClN2O2.ClH/c1-13-11-15(3-4-16(13)18)22-12-17(21)20-9-6-14(7-10-20)5-8-19-2;/h3-4,11,14,19H,5-10,12H2,1-2H3;1H. The normalized spacial score (nSPS) is 15.2. The molecule has 1 saturated heterocycles. The molecule has 1 N–H and O–H groups in total. The average molecular weight is 361 g/mol. The van der Waals surface area contributed by atoms with Gasteiger partial charge in [-0.1, -0.05) is 11.6 Å². The zero-order valence-electron chi connectivity index (χ0n) is 13.8. The number of amides is 1. The van der Waals surface area contributed by atoms with Crippen molar-refractivity contribution in [2.75, 3.05) is 33.3 Å². The first-order valence-electron chi connectivity index (χ1n) is 7.91. The summed E-state index contributed by atoms with van der Waals surface area (Å²) in [6, 6.07) is 5.45. The van der Waals surface area contributed by atoms with E-state index in [1.807, 2.05) is 24.9 Å². The second kappa shape index (κ2) is 10.0. The molecule has 0 unspecified atom stereocenters. The Labute approximate surface area is 149 Å². The van der Waals surface area contributed by atoms with E-state index in [9.17, 15) is 4.79 Å². The van der Waals surface area contributed by atoms with Gasteiger partial charge in [0.1, 0.15) is 5.75 Å². The summed E-state index contributed by atoms with van der Waals surface area (Å²) >= 11 is 5.98. The van der Waals surface area contributed by atoms with Gasteiger partial charge in [0.05, 0.1) is 0 Å². The van der Waals surface area contributed by atoms with Gasteiger partial charge in [-0.05, 0) is 69.5 Å². The van der Waals surface area contributed by atoms with Gasteiger partial charge in [0.15, 0.2) is 6.61 Å². The number of halogens is 2. The highest BCUT2D eigenvalue weighted by Gasteiger charge is 2.22. The van der Waals surface area contributed by atoms with Gasteiger partial charge in [0, 0.05) is 18.1 Å². The number of nitrogens with one attached hydrogen (secondary N) is 1. The number of benzene rings is 1. The van der Waals surface area contributed by atoms with Gasteiger partial charge < -0.3 is 15.0 Å². The van der Waals surface area contributed by atoms with E-state index in [4.69, 9.17) is 16.3 Å². The van der Waals surface area contributed by atoms with Gasteiger partial charge in [0.2, 0.25) is 0 Å². The third kappa shape index (κ3) is 6.21. The van der Waals surface area contributed by atoms with E-state index in [0.29, 0.717) is 10.8 Å². The first kappa shape index (κ1) is 20.1. The van der Waals surface area contributed by atoms with Crippen LogP contribution in [0.25, 0.3) is 0 Å². The minimum atomic E-state index is 0. The molecular weight excluding hydrogens is 335 g/mol. The van der Waals surface area contributed by atoms with E-state index < -0.39 is 0 Å². The number of likely N-dealkylation sites (tertiary alicyclic amines) is 1. The molecule has 1 aliphatic heterocycles. The quantitative estimate of drug-likeness (QED) is 0.845. The lowest BCUT2D eigenvalue weighted by molar-refractivity contribution is -0.134. The number of hydrogen-bond donors (Lipinski definition) is 1. The molecule has 1 amide bonds. The van der Waals surface area contributed by atoms with Gasteiger partial charge >= 0.3 is 0 Å². The predicted octanol–water partition coefficient (Wildman–Crippen LogP) is 3.30. The highest BCUT2D eigenvalue weighted by atomic mass is 35.5. The van der Waals surface area contributed by atoms with E-state index in [0.717, 1.165) is 44.0 Å². The molecule has 0 aliphatic carbocycles. The SMILES string of the molecule is CNCCC1CCN(C(=O)COc2ccc(Cl)c(C)c2)CC1.Cl. The number of nitrogens with zero attached hydrogens (tertiary/aromatic N) is 1. The first-order valence-corrected chi connectivity index (χ1v) is 8.29. The van der Waals surface area contributed by atoms with Crippen LogP contribution in [0.1, 0.15) is 24.8 Å². The predicted molar refractivity (Wildman–Crippen MR) is 96.8 cm³/mol. The molecule has 0 spiro atoms. The van der Waals surface area contributed by atoms with Crippen LogP contribution in [0, 0.1) is 12.8 Å². The van der Waals surface area contributed by atoms with Crippen molar-refractivity contribution in [1.29, 1.82) is 0 Å². The van der Waals surface area contributed by atoms with Crippen molar-refractivity contribution in [3.8, 4) is 5.75 Å². The second-order valence-corrected chi connectivity index (χ2v) is 6.32. The van der Waals surface area contributed by atoms with E-state index in [1.54, 1.807) is 12.1 Å². The zero-order valence-corrected chi connectivity index (χ0v) is 15.4. The molecule has 0 saturated carbocycles. The molecule has 0 bridgehead atoms. The van der Waals surface area contributed by atoms with E-state index in [-0.39, 0.29) is 24.9 Å². The molecule has 2 rings (SSSR count). The van der Waals surface area contributed by atoms with Crippen LogP contribution in [-0.4, -0.2) is 44.1 Å². The molecule has 1 aliphatic rings. The van der Waals surface area contributed by atoms with Crippen molar-refractivity contribution in [3.05, 3.63) is 28.8 Å². The fourth-order valence-electron chi connectivity index (χ4n) is 2.76. The van der Waals surface area contributed by atoms with E-state index in [2.05, 4.69) is 5.32 Å². The Hall–Kier alpha value is -0.970. The van der Waals surface area contributed by atoms with Crippen LogP contribution >= 0.6 is 24.0 Å². The van der Waals surface area contributed by atoms with Crippen molar-refractivity contribution in [1.82, 2.24) is 10.2 Å². The Bertz CT molecular complexity index is 503. The highest BCUT2D eigenvalue weighted by Crippen LogP contribution is 2.22. The Morgan fingerprint density at radius 2 is 2.09 bits per heavy atom. The van der Waals surface area contributed by atoms with Crippen LogP contribution in [0.2, 0.25) is 5.02 Å². The molecule has 1 heterocycles. The van der Waals surface area contributed by atoms with Gasteiger partial charge in [-0.15, -0.1) is 12.4 Å². The van der Waals surface area contributed by atoms with Gasteiger partial charge in [-0.25, -0.2) is 0 Å². The maximum absolute atomic E-state index is 12.2. The largest absolute Gasteiger partial charge is 0.484 e. The summed E-state index contributed by atoms with van der Waals surface area (Å²) in [7, 11) is 1.98. The number of carbonyl (C=O) groups excluding carboxylic acids is 1. The molecule has 130 valence electrons. The summed E-state index contributed by atoms with van der Waals surface area (Å²) in [6.07, 6.45) is 3.38. The molecule has 1 fully saturated rings. The van der Waals surface area contributed by atoms with E-state index in [1.165, 1.54) is 6.42 Å². The summed E-state index contributed by atoms with van der Waals surface area (Å²) in [6.45, 7) is 4.76. The van der Waals surface area contributed by atoms with Crippen LogP contribution in [-0.2, 0) is 4.79 Å². The minimum Gasteiger partial charge on any atom is -0.484 e. The topological polar surface area (TPSA) is 41.6 Å². The van der Waals surface area contributed by atoms with Crippen LogP contribution in [0.4, 0.5) is 0 Å². The Morgan fingerprint density at radius 3 is 2.70 bits per heavy atom. The maximum atomic E-state index is 12.2. The highest BCUT2D eigenvalue weighted by molar-refractivity contribution is 6.31. The molecule has 1 aromatic carbocycles.